The molecule has 1 amide bonds. The molecule has 0 spiro atoms. The van der Waals surface area contributed by atoms with E-state index >= 15 is 0 Å². The number of rotatable bonds is 17. The molecule has 0 aromatic heterocycles. The van der Waals surface area contributed by atoms with E-state index in [1.54, 1.807) is 0 Å². The fourth-order valence-electron chi connectivity index (χ4n) is 3.86. The maximum Gasteiger partial charge on any atom is 0.328 e. The number of nitrogens with zero attached hydrogens (tertiary/aromatic N) is 1. The van der Waals surface area contributed by atoms with Gasteiger partial charge < -0.3 is 30.1 Å². The van der Waals surface area contributed by atoms with Gasteiger partial charge in [0.1, 0.15) is 11.1 Å². The van der Waals surface area contributed by atoms with E-state index in [2.05, 4.69) is 29.4 Å². The highest BCUT2D eigenvalue weighted by molar-refractivity contribution is 6.39. The quantitative estimate of drug-likeness (QED) is 0.188. The number of esters is 1. The van der Waals surface area contributed by atoms with E-state index in [1.165, 1.54) is 6.07 Å². The Morgan fingerprint density at radius 1 is 1.05 bits per heavy atom. The van der Waals surface area contributed by atoms with Crippen molar-refractivity contribution in [2.45, 2.75) is 45.6 Å². The molecule has 3 N–H and O–H groups in total. The molecule has 38 heavy (non-hydrogen) atoms. The average molecular weight is 569 g/mol. The van der Waals surface area contributed by atoms with E-state index in [4.69, 9.17) is 32.7 Å². The van der Waals surface area contributed by atoms with Crippen LogP contribution in [0.2, 0.25) is 10.0 Å². The molecule has 10 heteroatoms. The van der Waals surface area contributed by atoms with E-state index in [9.17, 15) is 14.7 Å². The summed E-state index contributed by atoms with van der Waals surface area (Å²) in [5.41, 5.74) is 0.690. The van der Waals surface area contributed by atoms with E-state index in [0.29, 0.717) is 13.0 Å². The maximum atomic E-state index is 13.2. The molecule has 2 aromatic rings. The third-order valence-electron chi connectivity index (χ3n) is 6.09. The Labute approximate surface area is 235 Å². The van der Waals surface area contributed by atoms with Crippen molar-refractivity contribution in [1.29, 1.82) is 0 Å². The van der Waals surface area contributed by atoms with Gasteiger partial charge in [0, 0.05) is 13.0 Å². The summed E-state index contributed by atoms with van der Waals surface area (Å²) in [6.45, 7) is 8.25. The predicted octanol–water partition coefficient (Wildman–Crippen LogP) is 4.69. The summed E-state index contributed by atoms with van der Waals surface area (Å²) in [4.78, 5) is 28.4. The van der Waals surface area contributed by atoms with Gasteiger partial charge in [0.15, 0.2) is 11.5 Å². The zero-order chi connectivity index (χ0) is 27.9. The van der Waals surface area contributed by atoms with Crippen molar-refractivity contribution >= 4 is 35.1 Å². The number of phenols is 1. The third kappa shape index (κ3) is 9.98. The van der Waals surface area contributed by atoms with E-state index < -0.39 is 23.7 Å². The minimum Gasteiger partial charge on any atom is -0.505 e. The second kappa shape index (κ2) is 17.1. The van der Waals surface area contributed by atoms with Crippen molar-refractivity contribution in [3.63, 3.8) is 0 Å². The Balaban J connectivity index is 2.12. The van der Waals surface area contributed by atoms with Crippen molar-refractivity contribution in [3.05, 3.63) is 57.6 Å². The van der Waals surface area contributed by atoms with Crippen LogP contribution in [0.3, 0.4) is 0 Å². The molecule has 0 aliphatic heterocycles. The number of halogens is 2. The normalized spacial score (nSPS) is 11.8. The Morgan fingerprint density at radius 3 is 2.42 bits per heavy atom. The van der Waals surface area contributed by atoms with Crippen LogP contribution in [0.1, 0.15) is 49.0 Å². The molecular formula is C28H39Cl2N3O5. The molecule has 2 aromatic carbocycles. The van der Waals surface area contributed by atoms with Crippen molar-refractivity contribution in [3.8, 4) is 11.5 Å². The fraction of sp³-hybridized carbons (Fsp3) is 0.500. The van der Waals surface area contributed by atoms with Gasteiger partial charge >= 0.3 is 5.97 Å². The van der Waals surface area contributed by atoms with Crippen LogP contribution in [-0.4, -0.2) is 74.4 Å². The molecule has 0 heterocycles. The number of amides is 1. The zero-order valence-electron chi connectivity index (χ0n) is 22.4. The lowest BCUT2D eigenvalue weighted by molar-refractivity contribution is -0.146. The lowest BCUT2D eigenvalue weighted by Crippen LogP contribution is -2.43. The molecule has 0 aliphatic carbocycles. The number of unbranched alkanes of at least 4 members (excludes halogenated alkanes) is 1. The topological polar surface area (TPSA) is 100 Å². The van der Waals surface area contributed by atoms with Crippen LogP contribution >= 0.6 is 23.2 Å². The molecule has 2 rings (SSSR count). The van der Waals surface area contributed by atoms with Crippen LogP contribution in [0.5, 0.6) is 11.5 Å². The number of ether oxygens (including phenoxy) is 2. The average Bonchev–Trinajstić information content (AvgIpc) is 2.92. The highest BCUT2D eigenvalue weighted by Gasteiger charge is 2.27. The molecular weight excluding hydrogens is 529 g/mol. The van der Waals surface area contributed by atoms with Gasteiger partial charge in [-0.05, 0) is 57.6 Å². The van der Waals surface area contributed by atoms with Gasteiger partial charge in [-0.15, -0.1) is 0 Å². The summed E-state index contributed by atoms with van der Waals surface area (Å²) in [6, 6.07) is 9.62. The first kappa shape index (κ1) is 31.7. The van der Waals surface area contributed by atoms with Gasteiger partial charge in [-0.3, -0.25) is 4.79 Å². The number of benzene rings is 2. The molecule has 0 radical (unpaired) electrons. The highest BCUT2D eigenvalue weighted by atomic mass is 35.5. The maximum absolute atomic E-state index is 13.2. The second-order valence-corrected chi connectivity index (χ2v) is 9.61. The Morgan fingerprint density at radius 2 is 1.76 bits per heavy atom. The SMILES string of the molecule is CCN(CC)CCCOC(=O)C(Cc1ccccc1)NC(=O)c1cc(Cl)c(OCCCCNC)c(Cl)c1O. The third-order valence-corrected chi connectivity index (χ3v) is 6.72. The molecule has 1 unspecified atom stereocenters. The van der Waals surface area contributed by atoms with Crippen LogP contribution < -0.4 is 15.4 Å². The van der Waals surface area contributed by atoms with Crippen LogP contribution in [0.4, 0.5) is 0 Å². The zero-order valence-corrected chi connectivity index (χ0v) is 23.9. The Hall–Kier alpha value is -2.52. The van der Waals surface area contributed by atoms with Crippen LogP contribution in [0.25, 0.3) is 0 Å². The lowest BCUT2D eigenvalue weighted by Gasteiger charge is -2.20. The smallest absolute Gasteiger partial charge is 0.328 e. The number of aromatic hydroxyl groups is 1. The van der Waals surface area contributed by atoms with Gasteiger partial charge in [0.2, 0.25) is 0 Å². The number of nitrogens with one attached hydrogen (secondary N) is 2. The molecule has 0 bridgehead atoms. The van der Waals surface area contributed by atoms with Gasteiger partial charge in [-0.2, -0.15) is 0 Å². The molecule has 0 aliphatic rings. The molecule has 8 nitrogen and oxygen atoms in total. The van der Waals surface area contributed by atoms with E-state index in [0.717, 1.165) is 44.6 Å². The summed E-state index contributed by atoms with van der Waals surface area (Å²) < 4.78 is 11.2. The van der Waals surface area contributed by atoms with E-state index in [1.807, 2.05) is 37.4 Å². The molecule has 210 valence electrons. The first-order chi connectivity index (χ1) is 18.3. The summed E-state index contributed by atoms with van der Waals surface area (Å²) in [5.74, 6) is -1.61. The minimum atomic E-state index is -0.974. The Bertz CT molecular complexity index is 1020. The summed E-state index contributed by atoms with van der Waals surface area (Å²) >= 11 is 12.6. The second-order valence-electron chi connectivity index (χ2n) is 8.82. The van der Waals surface area contributed by atoms with Gasteiger partial charge in [0.05, 0.1) is 23.8 Å². The van der Waals surface area contributed by atoms with Gasteiger partial charge in [-0.1, -0.05) is 67.4 Å². The number of phenolic OH excluding ortho intramolecular Hbond substituents is 1. The number of carbonyl (C=O) groups excluding carboxylic acids is 2. The van der Waals surface area contributed by atoms with Crippen molar-refractivity contribution in [2.75, 3.05) is 46.4 Å². The minimum absolute atomic E-state index is 0.0881. The van der Waals surface area contributed by atoms with Gasteiger partial charge in [-0.25, -0.2) is 4.79 Å². The van der Waals surface area contributed by atoms with Crippen molar-refractivity contribution in [2.24, 2.45) is 0 Å². The summed E-state index contributed by atoms with van der Waals surface area (Å²) in [6.07, 6.45) is 2.56. The largest absolute Gasteiger partial charge is 0.505 e. The van der Waals surface area contributed by atoms with E-state index in [-0.39, 0.29) is 34.4 Å². The first-order valence-corrected chi connectivity index (χ1v) is 13.8. The monoisotopic (exact) mass is 567 g/mol. The Kier molecular flexibility index (Phi) is 14.3. The fourth-order valence-corrected chi connectivity index (χ4v) is 4.42. The molecule has 1 atom stereocenters. The summed E-state index contributed by atoms with van der Waals surface area (Å²) in [5, 5.41) is 16.3. The summed E-state index contributed by atoms with van der Waals surface area (Å²) in [7, 11) is 1.87. The molecule has 0 fully saturated rings. The van der Waals surface area contributed by atoms with Crippen LogP contribution in [0.15, 0.2) is 36.4 Å². The van der Waals surface area contributed by atoms with Crippen molar-refractivity contribution in [1.82, 2.24) is 15.5 Å². The van der Waals surface area contributed by atoms with Crippen LogP contribution in [-0.2, 0) is 16.0 Å². The highest BCUT2D eigenvalue weighted by Crippen LogP contribution is 2.42. The van der Waals surface area contributed by atoms with Crippen molar-refractivity contribution < 1.29 is 24.2 Å². The lowest BCUT2D eigenvalue weighted by atomic mass is 10.1. The van der Waals surface area contributed by atoms with Gasteiger partial charge in [0.25, 0.3) is 5.91 Å². The molecule has 0 saturated carbocycles. The number of hydrogen-bond acceptors (Lipinski definition) is 7. The number of hydrogen-bond donors (Lipinski definition) is 3. The number of carbonyl (C=O) groups is 2. The van der Waals surface area contributed by atoms with Crippen LogP contribution in [0, 0.1) is 0 Å². The first-order valence-electron chi connectivity index (χ1n) is 13.0. The molecule has 0 saturated heterocycles. The predicted molar refractivity (Wildman–Crippen MR) is 152 cm³/mol. The standard InChI is InChI=1S/C28H39Cl2N3O5/c1-4-33(5-2)15-11-17-38-28(36)23(18-20-12-7-6-8-13-20)32-27(35)21-19-22(29)26(24(30)25(21)34)37-16-10-9-14-31-3/h6-8,12-13,19,23,31,34H,4-5,9-11,14-18H2,1-3H3,(H,32,35).